The summed E-state index contributed by atoms with van der Waals surface area (Å²) in [5, 5.41) is 1.77. The molecule has 2 aromatic rings. The van der Waals surface area contributed by atoms with Gasteiger partial charge in [-0.25, -0.2) is 0 Å². The minimum absolute atomic E-state index is 0.342. The fraction of sp³-hybridized carbons (Fsp3) is 0. The fourth-order valence-corrected chi connectivity index (χ4v) is 1.69. The van der Waals surface area contributed by atoms with Gasteiger partial charge in [-0.05, 0) is 29.7 Å². The number of nitrogens with two attached hydrogens (primary N) is 1. The van der Waals surface area contributed by atoms with Crippen LogP contribution in [0.3, 0.4) is 0 Å². The van der Waals surface area contributed by atoms with Gasteiger partial charge >= 0.3 is 11.4 Å². The Labute approximate surface area is 89.2 Å². The van der Waals surface area contributed by atoms with Crippen molar-refractivity contribution in [2.24, 2.45) is 0 Å². The molecule has 0 fully saturated rings. The van der Waals surface area contributed by atoms with Crippen LogP contribution in [-0.4, -0.2) is 8.76 Å². The van der Waals surface area contributed by atoms with Crippen molar-refractivity contribution in [3.8, 4) is 5.75 Å². The molecular formula is C10H9NO3S. The average Bonchev–Trinajstić information content (AvgIpc) is 2.17. The summed E-state index contributed by atoms with van der Waals surface area (Å²) in [6.07, 6.45) is 0. The number of hydrogen-bond acceptors (Lipinski definition) is 3. The lowest BCUT2D eigenvalue weighted by atomic mass is 10.1. The molecule has 15 heavy (non-hydrogen) atoms. The Morgan fingerprint density at radius 1 is 1.27 bits per heavy atom. The molecule has 0 aromatic heterocycles. The van der Waals surface area contributed by atoms with Crippen LogP contribution in [-0.2, 0) is 11.4 Å². The van der Waals surface area contributed by atoms with Crippen LogP contribution in [0.2, 0.25) is 0 Å². The number of hydrogen-bond donors (Lipinski definition) is 2. The highest BCUT2D eigenvalue weighted by Gasteiger charge is 2.02. The highest BCUT2D eigenvalue weighted by molar-refractivity contribution is 7.74. The lowest BCUT2D eigenvalue weighted by Gasteiger charge is -2.04. The predicted octanol–water partition coefficient (Wildman–Crippen LogP) is 1.94. The molecular weight excluding hydrogens is 214 g/mol. The summed E-state index contributed by atoms with van der Waals surface area (Å²) in [4.78, 5) is 0. The standard InChI is InChI=1S/C10H9NO3S/c11-10-3-1-2-7-6-8(14-15(12)13)4-5-9(7)10/h1-6H,11H2,(H,12,13). The number of rotatable bonds is 2. The molecule has 3 N–H and O–H groups in total. The average molecular weight is 223 g/mol. The van der Waals surface area contributed by atoms with E-state index in [2.05, 4.69) is 4.18 Å². The van der Waals surface area contributed by atoms with Gasteiger partial charge < -0.3 is 9.92 Å². The third-order valence-electron chi connectivity index (χ3n) is 2.05. The minimum Gasteiger partial charge on any atom is -0.398 e. The first kappa shape index (κ1) is 9.95. The Morgan fingerprint density at radius 3 is 2.80 bits per heavy atom. The molecule has 4 nitrogen and oxygen atoms in total. The molecule has 5 heteroatoms. The summed E-state index contributed by atoms with van der Waals surface area (Å²) in [5.74, 6) is 0.342. The van der Waals surface area contributed by atoms with Crippen molar-refractivity contribution in [2.45, 2.75) is 0 Å². The molecule has 0 heterocycles. The van der Waals surface area contributed by atoms with E-state index in [-0.39, 0.29) is 0 Å². The third-order valence-corrected chi connectivity index (χ3v) is 2.39. The Balaban J connectivity index is 2.52. The van der Waals surface area contributed by atoms with Crippen molar-refractivity contribution >= 4 is 27.8 Å². The van der Waals surface area contributed by atoms with Crippen LogP contribution in [0, 0.1) is 0 Å². The molecule has 0 aliphatic rings. The summed E-state index contributed by atoms with van der Waals surface area (Å²) in [7, 11) is 0. The molecule has 2 aromatic carbocycles. The second-order valence-electron chi connectivity index (χ2n) is 3.03. The Hall–Kier alpha value is -1.59. The van der Waals surface area contributed by atoms with E-state index < -0.39 is 11.4 Å². The zero-order valence-corrected chi connectivity index (χ0v) is 8.53. The minimum atomic E-state index is -2.30. The van der Waals surface area contributed by atoms with Crippen LogP contribution in [0.5, 0.6) is 5.75 Å². The maximum atomic E-state index is 10.4. The van der Waals surface area contributed by atoms with Gasteiger partial charge in [-0.3, -0.25) is 4.55 Å². The molecule has 78 valence electrons. The summed E-state index contributed by atoms with van der Waals surface area (Å²) in [5.41, 5.74) is 6.43. The van der Waals surface area contributed by atoms with Crippen LogP contribution < -0.4 is 9.92 Å². The largest absolute Gasteiger partial charge is 0.398 e. The number of anilines is 1. The van der Waals surface area contributed by atoms with Gasteiger partial charge in [0.2, 0.25) is 0 Å². The monoisotopic (exact) mass is 223 g/mol. The van der Waals surface area contributed by atoms with E-state index in [9.17, 15) is 4.21 Å². The topological polar surface area (TPSA) is 72.5 Å². The number of benzene rings is 2. The first-order chi connectivity index (χ1) is 7.16. The lowest BCUT2D eigenvalue weighted by Crippen LogP contribution is -1.97. The second-order valence-corrected chi connectivity index (χ2v) is 3.63. The first-order valence-electron chi connectivity index (χ1n) is 4.24. The maximum absolute atomic E-state index is 10.4. The second kappa shape index (κ2) is 3.88. The maximum Gasteiger partial charge on any atom is 0.357 e. The molecule has 0 aliphatic carbocycles. The Bertz CT molecular complexity index is 527. The number of fused-ring (bicyclic) bond motifs is 1. The molecule has 1 unspecified atom stereocenters. The Kier molecular flexibility index (Phi) is 2.57. The van der Waals surface area contributed by atoms with Gasteiger partial charge in [-0.15, -0.1) is 0 Å². The molecule has 0 aliphatic heterocycles. The molecule has 0 bridgehead atoms. The molecule has 0 saturated heterocycles. The van der Waals surface area contributed by atoms with E-state index in [1.54, 1.807) is 24.3 Å². The van der Waals surface area contributed by atoms with E-state index in [1.165, 1.54) is 0 Å². The fourth-order valence-electron chi connectivity index (χ4n) is 1.42. The van der Waals surface area contributed by atoms with Crippen molar-refractivity contribution < 1.29 is 12.9 Å². The van der Waals surface area contributed by atoms with Crippen molar-refractivity contribution in [1.29, 1.82) is 0 Å². The van der Waals surface area contributed by atoms with Crippen molar-refractivity contribution in [1.82, 2.24) is 0 Å². The van der Waals surface area contributed by atoms with Crippen LogP contribution >= 0.6 is 0 Å². The van der Waals surface area contributed by atoms with Crippen LogP contribution in [0.15, 0.2) is 36.4 Å². The van der Waals surface area contributed by atoms with Gasteiger partial charge in [-0.2, -0.15) is 4.21 Å². The summed E-state index contributed by atoms with van der Waals surface area (Å²) in [6.45, 7) is 0. The molecule has 1 atom stereocenters. The van der Waals surface area contributed by atoms with Gasteiger partial charge in [0.25, 0.3) is 0 Å². The van der Waals surface area contributed by atoms with E-state index in [1.807, 2.05) is 12.1 Å². The van der Waals surface area contributed by atoms with Gasteiger partial charge in [-0.1, -0.05) is 12.1 Å². The van der Waals surface area contributed by atoms with Crippen molar-refractivity contribution in [2.75, 3.05) is 5.73 Å². The first-order valence-corrected chi connectivity index (χ1v) is 5.27. The van der Waals surface area contributed by atoms with Crippen LogP contribution in [0.4, 0.5) is 5.69 Å². The van der Waals surface area contributed by atoms with Crippen LogP contribution in [0.1, 0.15) is 0 Å². The highest BCUT2D eigenvalue weighted by atomic mass is 32.2. The molecule has 0 amide bonds. The molecule has 0 saturated carbocycles. The zero-order valence-electron chi connectivity index (χ0n) is 7.71. The molecule has 2 rings (SSSR count). The van der Waals surface area contributed by atoms with Gasteiger partial charge in [0.15, 0.2) is 0 Å². The lowest BCUT2D eigenvalue weighted by molar-refractivity contribution is 0.458. The SMILES string of the molecule is Nc1cccc2cc(OS(=O)O)ccc12. The smallest absolute Gasteiger partial charge is 0.357 e. The third kappa shape index (κ3) is 2.08. The van der Waals surface area contributed by atoms with E-state index in [0.29, 0.717) is 11.4 Å². The highest BCUT2D eigenvalue weighted by Crippen LogP contribution is 2.25. The van der Waals surface area contributed by atoms with Gasteiger partial charge in [0, 0.05) is 11.1 Å². The summed E-state index contributed by atoms with van der Waals surface area (Å²) in [6, 6.07) is 10.5. The molecule has 0 radical (unpaired) electrons. The Morgan fingerprint density at radius 2 is 2.07 bits per heavy atom. The van der Waals surface area contributed by atoms with Crippen molar-refractivity contribution in [3.63, 3.8) is 0 Å². The predicted molar refractivity (Wildman–Crippen MR) is 59.8 cm³/mol. The van der Waals surface area contributed by atoms with E-state index in [0.717, 1.165) is 10.8 Å². The normalized spacial score (nSPS) is 12.6. The van der Waals surface area contributed by atoms with Crippen molar-refractivity contribution in [3.05, 3.63) is 36.4 Å². The van der Waals surface area contributed by atoms with Gasteiger partial charge in [0.1, 0.15) is 5.75 Å². The van der Waals surface area contributed by atoms with E-state index >= 15 is 0 Å². The van der Waals surface area contributed by atoms with Crippen LogP contribution in [0.25, 0.3) is 10.8 Å². The zero-order chi connectivity index (χ0) is 10.8. The number of nitrogen functional groups attached to an aromatic ring is 1. The van der Waals surface area contributed by atoms with Gasteiger partial charge in [0.05, 0.1) is 0 Å². The summed E-state index contributed by atoms with van der Waals surface area (Å²) < 4.78 is 23.6. The molecule has 0 spiro atoms. The summed E-state index contributed by atoms with van der Waals surface area (Å²) >= 11 is -2.30. The quantitative estimate of drug-likeness (QED) is 0.602. The van der Waals surface area contributed by atoms with E-state index in [4.69, 9.17) is 10.3 Å².